The van der Waals surface area contributed by atoms with Gasteiger partial charge in [0.15, 0.2) is 0 Å². The number of aryl methyl sites for hydroxylation is 2. The van der Waals surface area contributed by atoms with Crippen molar-refractivity contribution in [3.63, 3.8) is 0 Å². The summed E-state index contributed by atoms with van der Waals surface area (Å²) < 4.78 is -0.387. The van der Waals surface area contributed by atoms with Gasteiger partial charge >= 0.3 is 0 Å². The van der Waals surface area contributed by atoms with Crippen LogP contribution in [0.15, 0.2) is 127 Å². The van der Waals surface area contributed by atoms with Crippen molar-refractivity contribution < 1.29 is 0 Å². The number of nitrogens with one attached hydrogen (secondary N) is 1. The third-order valence-corrected chi connectivity index (χ3v) is 8.23. The first-order valence-corrected chi connectivity index (χ1v) is 12.6. The first kappa shape index (κ1) is 22.3. The van der Waals surface area contributed by atoms with Crippen LogP contribution in [-0.2, 0) is 4.75 Å². The summed E-state index contributed by atoms with van der Waals surface area (Å²) in [4.78, 5) is 3.55. The van der Waals surface area contributed by atoms with E-state index >= 15 is 0 Å². The van der Waals surface area contributed by atoms with E-state index in [0.29, 0.717) is 0 Å². The quantitative estimate of drug-likeness (QED) is 0.241. The summed E-state index contributed by atoms with van der Waals surface area (Å²) in [6, 6.07) is 46.0. The van der Waals surface area contributed by atoms with Gasteiger partial charge in [-0.15, -0.1) is 11.8 Å². The summed E-state index contributed by atoms with van der Waals surface area (Å²) in [6.07, 6.45) is 0. The summed E-state index contributed by atoms with van der Waals surface area (Å²) in [5.74, 6) is 0. The summed E-state index contributed by atoms with van der Waals surface area (Å²) in [5.41, 5.74) is 8.90. The van der Waals surface area contributed by atoms with Crippen molar-refractivity contribution in [3.8, 4) is 0 Å². The molecule has 0 aliphatic carbocycles. The van der Waals surface area contributed by atoms with Crippen LogP contribution in [0.25, 0.3) is 0 Å². The number of rotatable bonds is 7. The van der Waals surface area contributed by atoms with E-state index in [1.807, 2.05) is 11.8 Å². The Morgan fingerprint density at radius 2 is 1.00 bits per heavy atom. The molecule has 0 amide bonds. The maximum atomic E-state index is 3.55. The number of hydrogen-bond donors (Lipinski definition) is 1. The van der Waals surface area contributed by atoms with Crippen LogP contribution in [0.4, 0.5) is 0 Å². The molecule has 0 fully saturated rings. The van der Waals surface area contributed by atoms with E-state index in [-0.39, 0.29) is 10.00 Å². The van der Waals surface area contributed by atoms with Gasteiger partial charge in [-0.25, -0.2) is 0 Å². The number of aromatic nitrogens is 1. The summed E-state index contributed by atoms with van der Waals surface area (Å²) in [7, 11) is 0. The molecule has 1 unspecified atom stereocenters. The Bertz CT molecular complexity index is 1230. The molecule has 0 spiro atoms. The zero-order valence-corrected chi connectivity index (χ0v) is 20.4. The molecule has 0 saturated carbocycles. The van der Waals surface area contributed by atoms with E-state index in [4.69, 9.17) is 0 Å². The van der Waals surface area contributed by atoms with Crippen molar-refractivity contribution in [1.82, 2.24) is 4.98 Å². The molecule has 0 saturated heterocycles. The fourth-order valence-electron chi connectivity index (χ4n) is 4.86. The van der Waals surface area contributed by atoms with Crippen LogP contribution in [0.1, 0.15) is 44.5 Å². The third-order valence-electron chi connectivity index (χ3n) is 6.41. The Hall–Kier alpha value is -3.49. The van der Waals surface area contributed by atoms with E-state index in [1.54, 1.807) is 0 Å². The Morgan fingerprint density at radius 3 is 1.38 bits per heavy atom. The van der Waals surface area contributed by atoms with Crippen LogP contribution >= 0.6 is 11.8 Å². The topological polar surface area (TPSA) is 15.8 Å². The van der Waals surface area contributed by atoms with Crippen molar-refractivity contribution >= 4 is 11.8 Å². The van der Waals surface area contributed by atoms with E-state index < -0.39 is 0 Å². The molecule has 1 N–H and O–H groups in total. The van der Waals surface area contributed by atoms with E-state index in [9.17, 15) is 0 Å². The average molecular weight is 460 g/mol. The molecule has 0 bridgehead atoms. The van der Waals surface area contributed by atoms with Gasteiger partial charge in [0.25, 0.3) is 0 Å². The van der Waals surface area contributed by atoms with Gasteiger partial charge in [0.2, 0.25) is 0 Å². The Labute approximate surface area is 206 Å². The maximum Gasteiger partial charge on any atom is 0.0916 e. The molecule has 0 aliphatic heterocycles. The van der Waals surface area contributed by atoms with Gasteiger partial charge in [0.1, 0.15) is 0 Å². The molecule has 5 aromatic rings. The van der Waals surface area contributed by atoms with Gasteiger partial charge in [0, 0.05) is 11.4 Å². The van der Waals surface area contributed by atoms with Gasteiger partial charge in [-0.05, 0) is 47.7 Å². The Kier molecular flexibility index (Phi) is 6.42. The van der Waals surface area contributed by atoms with E-state index in [1.165, 1.54) is 39.2 Å². The monoisotopic (exact) mass is 459 g/mol. The van der Waals surface area contributed by atoms with Gasteiger partial charge in [0.05, 0.1) is 10.00 Å². The molecule has 5 rings (SSSR count). The summed E-state index contributed by atoms with van der Waals surface area (Å²) in [6.45, 7) is 4.33. The van der Waals surface area contributed by atoms with Gasteiger partial charge in [-0.1, -0.05) is 121 Å². The SMILES string of the molecule is Cc1cc(C(SC(c2ccccc2)(c2ccccc2)c2ccccc2)c2ccccc2)c(C)[nH]1. The fourth-order valence-corrected chi connectivity index (χ4v) is 6.69. The smallest absolute Gasteiger partial charge is 0.0916 e. The Morgan fingerprint density at radius 1 is 0.588 bits per heavy atom. The highest BCUT2D eigenvalue weighted by Gasteiger charge is 2.40. The fraction of sp³-hybridized carbons (Fsp3) is 0.125. The lowest BCUT2D eigenvalue weighted by molar-refractivity contribution is 0.884. The minimum Gasteiger partial charge on any atom is -0.362 e. The lowest BCUT2D eigenvalue weighted by Crippen LogP contribution is -2.27. The highest BCUT2D eigenvalue weighted by molar-refractivity contribution is 8.01. The van der Waals surface area contributed by atoms with Crippen molar-refractivity contribution in [2.75, 3.05) is 0 Å². The van der Waals surface area contributed by atoms with Crippen LogP contribution in [0.5, 0.6) is 0 Å². The van der Waals surface area contributed by atoms with Crippen LogP contribution in [-0.4, -0.2) is 4.98 Å². The average Bonchev–Trinajstić information content (AvgIpc) is 3.24. The highest BCUT2D eigenvalue weighted by atomic mass is 32.2. The summed E-state index contributed by atoms with van der Waals surface area (Å²) in [5, 5.41) is 0.145. The predicted molar refractivity (Wildman–Crippen MR) is 145 cm³/mol. The first-order valence-electron chi connectivity index (χ1n) is 11.7. The molecule has 2 heteroatoms. The summed E-state index contributed by atoms with van der Waals surface area (Å²) >= 11 is 2.01. The zero-order chi connectivity index (χ0) is 23.4. The molecule has 168 valence electrons. The molecule has 1 heterocycles. The van der Waals surface area contributed by atoms with Gasteiger partial charge < -0.3 is 4.98 Å². The molecule has 0 aliphatic rings. The number of thioether (sulfide) groups is 1. The molecular formula is C32H29NS. The lowest BCUT2D eigenvalue weighted by Gasteiger charge is -2.38. The third kappa shape index (κ3) is 4.22. The van der Waals surface area contributed by atoms with Crippen LogP contribution in [0.3, 0.4) is 0 Å². The molecule has 4 aromatic carbocycles. The second-order valence-electron chi connectivity index (χ2n) is 8.72. The Balaban J connectivity index is 1.80. The number of benzene rings is 4. The largest absolute Gasteiger partial charge is 0.362 e. The standard InChI is InChI=1S/C32H29NS/c1-24-23-30(25(2)33-24)31(26-15-7-3-8-16-26)34-32(27-17-9-4-10-18-27,28-19-11-5-12-20-28)29-21-13-6-14-22-29/h3-23,31,33H,1-2H3. The number of H-pyrrole nitrogens is 1. The molecular weight excluding hydrogens is 430 g/mol. The normalized spacial score (nSPS) is 12.4. The maximum absolute atomic E-state index is 3.55. The second-order valence-corrected chi connectivity index (χ2v) is 10.0. The van der Waals surface area contributed by atoms with Crippen molar-refractivity contribution in [2.24, 2.45) is 0 Å². The number of aromatic amines is 1. The van der Waals surface area contributed by atoms with Crippen molar-refractivity contribution in [1.29, 1.82) is 0 Å². The molecule has 0 radical (unpaired) electrons. The molecule has 1 atom stereocenters. The molecule has 1 aromatic heterocycles. The van der Waals surface area contributed by atoms with Crippen LogP contribution < -0.4 is 0 Å². The van der Waals surface area contributed by atoms with Gasteiger partial charge in [-0.3, -0.25) is 0 Å². The second kappa shape index (κ2) is 9.79. The first-order chi connectivity index (χ1) is 16.7. The van der Waals surface area contributed by atoms with Crippen LogP contribution in [0.2, 0.25) is 0 Å². The number of hydrogen-bond acceptors (Lipinski definition) is 1. The van der Waals surface area contributed by atoms with E-state index in [2.05, 4.69) is 146 Å². The van der Waals surface area contributed by atoms with E-state index in [0.717, 1.165) is 0 Å². The van der Waals surface area contributed by atoms with Crippen molar-refractivity contribution in [2.45, 2.75) is 23.8 Å². The van der Waals surface area contributed by atoms with Crippen molar-refractivity contribution in [3.05, 3.63) is 167 Å². The highest BCUT2D eigenvalue weighted by Crippen LogP contribution is 2.56. The van der Waals surface area contributed by atoms with Crippen LogP contribution in [0, 0.1) is 13.8 Å². The lowest BCUT2D eigenvalue weighted by atomic mass is 9.84. The predicted octanol–water partition coefficient (Wildman–Crippen LogP) is 8.45. The zero-order valence-electron chi connectivity index (χ0n) is 19.6. The molecule has 34 heavy (non-hydrogen) atoms. The molecule has 1 nitrogen and oxygen atoms in total. The minimum absolute atomic E-state index is 0.145. The van der Waals surface area contributed by atoms with Gasteiger partial charge in [-0.2, -0.15) is 0 Å². The minimum atomic E-state index is -0.387.